The molecule has 1 heterocycles. The lowest BCUT2D eigenvalue weighted by Gasteiger charge is -2.07. The molecule has 0 aliphatic carbocycles. The number of phenols is 1. The standard InChI is InChI=1S/C15H11NO/c17-15-9-8-12(14-7-3-4-10-16-14)11-5-1-2-6-13(11)15/h1-10,17H. The van der Waals surface area contributed by atoms with Crippen LogP contribution in [0, 0.1) is 0 Å². The van der Waals surface area contributed by atoms with Crippen LogP contribution in [0.4, 0.5) is 0 Å². The number of benzene rings is 2. The van der Waals surface area contributed by atoms with E-state index in [9.17, 15) is 5.11 Å². The van der Waals surface area contributed by atoms with Crippen LogP contribution in [0.25, 0.3) is 22.0 Å². The number of phenolic OH excluding ortho intramolecular Hbond substituents is 1. The Hall–Kier alpha value is -2.35. The Morgan fingerprint density at radius 3 is 2.29 bits per heavy atom. The lowest BCUT2D eigenvalue weighted by Crippen LogP contribution is -1.84. The summed E-state index contributed by atoms with van der Waals surface area (Å²) in [5, 5.41) is 11.7. The van der Waals surface area contributed by atoms with E-state index in [1.54, 1.807) is 12.3 Å². The summed E-state index contributed by atoms with van der Waals surface area (Å²) in [6.45, 7) is 0. The van der Waals surface area contributed by atoms with E-state index in [-0.39, 0.29) is 0 Å². The van der Waals surface area contributed by atoms with E-state index in [4.69, 9.17) is 0 Å². The van der Waals surface area contributed by atoms with Gasteiger partial charge in [-0.15, -0.1) is 0 Å². The number of fused-ring (bicyclic) bond motifs is 1. The third-order valence-electron chi connectivity index (χ3n) is 2.84. The average Bonchev–Trinajstić information content (AvgIpc) is 2.41. The maximum atomic E-state index is 9.82. The van der Waals surface area contributed by atoms with Crippen molar-refractivity contribution >= 4 is 10.8 Å². The van der Waals surface area contributed by atoms with Crippen molar-refractivity contribution in [1.29, 1.82) is 0 Å². The van der Waals surface area contributed by atoms with Crippen LogP contribution in [0.15, 0.2) is 60.8 Å². The lowest BCUT2D eigenvalue weighted by molar-refractivity contribution is 0.481. The molecule has 0 aliphatic heterocycles. The smallest absolute Gasteiger partial charge is 0.123 e. The number of hydrogen-bond donors (Lipinski definition) is 1. The van der Waals surface area contributed by atoms with Gasteiger partial charge in [0.25, 0.3) is 0 Å². The molecule has 3 aromatic rings. The van der Waals surface area contributed by atoms with Gasteiger partial charge in [-0.25, -0.2) is 0 Å². The zero-order chi connectivity index (χ0) is 11.7. The van der Waals surface area contributed by atoms with E-state index >= 15 is 0 Å². The number of pyridine rings is 1. The minimum atomic E-state index is 0.306. The summed E-state index contributed by atoms with van der Waals surface area (Å²) in [7, 11) is 0. The average molecular weight is 221 g/mol. The highest BCUT2D eigenvalue weighted by atomic mass is 16.3. The van der Waals surface area contributed by atoms with E-state index in [0.717, 1.165) is 22.0 Å². The van der Waals surface area contributed by atoms with E-state index in [1.165, 1.54) is 0 Å². The van der Waals surface area contributed by atoms with Gasteiger partial charge in [-0.3, -0.25) is 4.98 Å². The van der Waals surface area contributed by atoms with Gasteiger partial charge >= 0.3 is 0 Å². The third-order valence-corrected chi connectivity index (χ3v) is 2.84. The van der Waals surface area contributed by atoms with Gasteiger partial charge in [0.05, 0.1) is 5.69 Å². The molecular formula is C15H11NO. The molecule has 0 atom stereocenters. The first-order valence-electron chi connectivity index (χ1n) is 5.48. The van der Waals surface area contributed by atoms with E-state index in [0.29, 0.717) is 5.75 Å². The fourth-order valence-corrected chi connectivity index (χ4v) is 2.03. The van der Waals surface area contributed by atoms with Crippen molar-refractivity contribution in [2.75, 3.05) is 0 Å². The fourth-order valence-electron chi connectivity index (χ4n) is 2.03. The molecule has 0 fully saturated rings. The summed E-state index contributed by atoms with van der Waals surface area (Å²) in [5.74, 6) is 0.306. The van der Waals surface area contributed by atoms with Gasteiger partial charge in [-0.05, 0) is 29.7 Å². The molecule has 1 aromatic heterocycles. The number of hydrogen-bond acceptors (Lipinski definition) is 2. The Kier molecular flexibility index (Phi) is 2.26. The van der Waals surface area contributed by atoms with Crippen molar-refractivity contribution in [3.63, 3.8) is 0 Å². The molecule has 3 rings (SSSR count). The van der Waals surface area contributed by atoms with Crippen LogP contribution >= 0.6 is 0 Å². The first-order valence-corrected chi connectivity index (χ1v) is 5.48. The Labute approximate surface area is 99.2 Å². The van der Waals surface area contributed by atoms with Crippen LogP contribution in [0.5, 0.6) is 5.75 Å². The van der Waals surface area contributed by atoms with Crippen LogP contribution in [0.1, 0.15) is 0 Å². The largest absolute Gasteiger partial charge is 0.507 e. The number of aromatic hydroxyl groups is 1. The summed E-state index contributed by atoms with van der Waals surface area (Å²) >= 11 is 0. The van der Waals surface area contributed by atoms with Gasteiger partial charge in [0.2, 0.25) is 0 Å². The monoisotopic (exact) mass is 221 g/mol. The van der Waals surface area contributed by atoms with Crippen LogP contribution in [-0.4, -0.2) is 10.1 Å². The molecule has 0 aliphatic rings. The van der Waals surface area contributed by atoms with Gasteiger partial charge in [0, 0.05) is 17.1 Å². The molecule has 0 saturated heterocycles. The maximum Gasteiger partial charge on any atom is 0.123 e. The topological polar surface area (TPSA) is 33.1 Å². The van der Waals surface area contributed by atoms with Crippen molar-refractivity contribution in [2.45, 2.75) is 0 Å². The second-order valence-electron chi connectivity index (χ2n) is 3.89. The van der Waals surface area contributed by atoms with E-state index < -0.39 is 0 Å². The van der Waals surface area contributed by atoms with Gasteiger partial charge in [-0.2, -0.15) is 0 Å². The molecule has 1 N–H and O–H groups in total. The summed E-state index contributed by atoms with van der Waals surface area (Å²) in [6.07, 6.45) is 1.77. The normalized spacial score (nSPS) is 10.6. The first-order chi connectivity index (χ1) is 8.36. The zero-order valence-corrected chi connectivity index (χ0v) is 9.17. The highest BCUT2D eigenvalue weighted by Gasteiger charge is 2.06. The molecule has 2 heteroatoms. The highest BCUT2D eigenvalue weighted by Crippen LogP contribution is 2.32. The first kappa shape index (κ1) is 9.85. The molecule has 2 aromatic carbocycles. The second-order valence-corrected chi connectivity index (χ2v) is 3.89. The van der Waals surface area contributed by atoms with Crippen molar-refractivity contribution < 1.29 is 5.11 Å². The zero-order valence-electron chi connectivity index (χ0n) is 9.17. The van der Waals surface area contributed by atoms with Crippen LogP contribution in [0.3, 0.4) is 0 Å². The SMILES string of the molecule is Oc1ccc(-c2ccccn2)c2ccccc12. The second kappa shape index (κ2) is 3.91. The minimum Gasteiger partial charge on any atom is -0.507 e. The summed E-state index contributed by atoms with van der Waals surface area (Å²) < 4.78 is 0. The maximum absolute atomic E-state index is 9.82. The van der Waals surface area contributed by atoms with E-state index in [1.807, 2.05) is 48.5 Å². The van der Waals surface area contributed by atoms with Crippen LogP contribution < -0.4 is 0 Å². The molecule has 0 saturated carbocycles. The van der Waals surface area contributed by atoms with Gasteiger partial charge in [-0.1, -0.05) is 30.3 Å². The molecular weight excluding hydrogens is 210 g/mol. The quantitative estimate of drug-likeness (QED) is 0.681. The predicted molar refractivity (Wildman–Crippen MR) is 68.8 cm³/mol. The van der Waals surface area contributed by atoms with Crippen molar-refractivity contribution in [3.8, 4) is 17.0 Å². The Morgan fingerprint density at radius 2 is 1.53 bits per heavy atom. The number of rotatable bonds is 1. The fraction of sp³-hybridized carbons (Fsp3) is 0. The highest BCUT2D eigenvalue weighted by molar-refractivity contribution is 5.99. The van der Waals surface area contributed by atoms with Gasteiger partial charge in [0.1, 0.15) is 5.75 Å². The lowest BCUT2D eigenvalue weighted by atomic mass is 10.0. The van der Waals surface area contributed by atoms with Crippen molar-refractivity contribution in [2.24, 2.45) is 0 Å². The molecule has 2 nitrogen and oxygen atoms in total. The van der Waals surface area contributed by atoms with Crippen molar-refractivity contribution in [1.82, 2.24) is 4.98 Å². The molecule has 82 valence electrons. The molecule has 0 radical (unpaired) electrons. The van der Waals surface area contributed by atoms with E-state index in [2.05, 4.69) is 4.98 Å². The molecule has 0 amide bonds. The Bertz CT molecular complexity index is 662. The Balaban J connectivity index is 2.35. The number of aromatic nitrogens is 1. The molecule has 0 bridgehead atoms. The van der Waals surface area contributed by atoms with Crippen LogP contribution in [0.2, 0.25) is 0 Å². The summed E-state index contributed by atoms with van der Waals surface area (Å²) in [6, 6.07) is 17.2. The Morgan fingerprint density at radius 1 is 0.765 bits per heavy atom. The third kappa shape index (κ3) is 1.64. The molecule has 17 heavy (non-hydrogen) atoms. The molecule has 0 unspecified atom stereocenters. The minimum absolute atomic E-state index is 0.306. The predicted octanol–water partition coefficient (Wildman–Crippen LogP) is 3.61. The molecule has 0 spiro atoms. The van der Waals surface area contributed by atoms with Gasteiger partial charge in [0.15, 0.2) is 0 Å². The van der Waals surface area contributed by atoms with Crippen LogP contribution in [-0.2, 0) is 0 Å². The summed E-state index contributed by atoms with van der Waals surface area (Å²) in [5.41, 5.74) is 1.96. The van der Waals surface area contributed by atoms with Crippen molar-refractivity contribution in [3.05, 3.63) is 60.8 Å². The van der Waals surface area contributed by atoms with Gasteiger partial charge < -0.3 is 5.11 Å². The number of nitrogens with zero attached hydrogens (tertiary/aromatic N) is 1. The summed E-state index contributed by atoms with van der Waals surface area (Å²) in [4.78, 5) is 4.35.